The van der Waals surface area contributed by atoms with Crippen LogP contribution in [0.25, 0.3) is 16.7 Å². The smallest absolute Gasteiger partial charge is 0.334 e. The molecular weight excluding hydrogens is 337 g/mol. The van der Waals surface area contributed by atoms with Crippen LogP contribution >= 0.6 is 0 Å². The van der Waals surface area contributed by atoms with Crippen LogP contribution in [0.1, 0.15) is 32.1 Å². The highest BCUT2D eigenvalue weighted by Gasteiger charge is 2.16. The predicted molar refractivity (Wildman–Crippen MR) is 96.2 cm³/mol. The van der Waals surface area contributed by atoms with Gasteiger partial charge in [0, 0.05) is 12.2 Å². The number of H-pyrrole nitrogens is 1. The molecule has 2 N–H and O–H groups in total. The second-order valence-corrected chi connectivity index (χ2v) is 6.48. The molecule has 1 aromatic carbocycles. The molecule has 0 bridgehead atoms. The highest BCUT2D eigenvalue weighted by atomic mass is 19.1. The van der Waals surface area contributed by atoms with Gasteiger partial charge in [0.05, 0.1) is 5.69 Å². The lowest BCUT2D eigenvalue weighted by Gasteiger charge is -2.22. The quantitative estimate of drug-likeness (QED) is 0.752. The SMILES string of the molecule is O=c1[nH]c2nc(NC3CCCCC3)ncc2c(=O)n1-c1ccc(F)cc1. The fourth-order valence-electron chi connectivity index (χ4n) is 3.33. The molecule has 26 heavy (non-hydrogen) atoms. The summed E-state index contributed by atoms with van der Waals surface area (Å²) in [5, 5.41) is 3.47. The molecule has 0 aliphatic heterocycles. The summed E-state index contributed by atoms with van der Waals surface area (Å²) in [7, 11) is 0. The molecule has 0 spiro atoms. The summed E-state index contributed by atoms with van der Waals surface area (Å²) < 4.78 is 14.0. The number of anilines is 1. The number of halogens is 1. The molecular formula is C18H18FN5O2. The lowest BCUT2D eigenvalue weighted by Crippen LogP contribution is -2.34. The second-order valence-electron chi connectivity index (χ2n) is 6.48. The first-order valence-electron chi connectivity index (χ1n) is 8.66. The highest BCUT2D eigenvalue weighted by molar-refractivity contribution is 5.73. The zero-order valence-corrected chi connectivity index (χ0v) is 14.0. The minimum Gasteiger partial charge on any atom is -0.351 e. The van der Waals surface area contributed by atoms with Gasteiger partial charge in [-0.05, 0) is 37.1 Å². The molecule has 7 nitrogen and oxygen atoms in total. The van der Waals surface area contributed by atoms with E-state index in [1.54, 1.807) is 0 Å². The van der Waals surface area contributed by atoms with Crippen LogP contribution in [0.15, 0.2) is 40.1 Å². The maximum atomic E-state index is 13.1. The van der Waals surface area contributed by atoms with Gasteiger partial charge in [-0.1, -0.05) is 19.3 Å². The average Bonchev–Trinajstić information content (AvgIpc) is 2.64. The zero-order chi connectivity index (χ0) is 18.1. The van der Waals surface area contributed by atoms with E-state index in [9.17, 15) is 14.0 Å². The molecule has 1 fully saturated rings. The molecule has 3 aromatic rings. The van der Waals surface area contributed by atoms with E-state index in [1.807, 2.05) is 0 Å². The van der Waals surface area contributed by atoms with Gasteiger partial charge >= 0.3 is 5.69 Å². The first-order chi connectivity index (χ1) is 12.6. The van der Waals surface area contributed by atoms with Crippen molar-refractivity contribution in [2.75, 3.05) is 5.32 Å². The monoisotopic (exact) mass is 355 g/mol. The van der Waals surface area contributed by atoms with Crippen molar-refractivity contribution in [1.82, 2.24) is 19.5 Å². The van der Waals surface area contributed by atoms with E-state index < -0.39 is 17.1 Å². The summed E-state index contributed by atoms with van der Waals surface area (Å²) in [5.41, 5.74) is -0.702. The Labute approximate surface area is 147 Å². The summed E-state index contributed by atoms with van der Waals surface area (Å²) in [6.07, 6.45) is 7.11. The molecule has 1 aliphatic rings. The van der Waals surface area contributed by atoms with Crippen LogP contribution in [0.4, 0.5) is 10.3 Å². The van der Waals surface area contributed by atoms with Gasteiger partial charge in [0.2, 0.25) is 5.95 Å². The maximum Gasteiger partial charge on any atom is 0.334 e. The number of nitrogens with zero attached hydrogens (tertiary/aromatic N) is 3. The maximum absolute atomic E-state index is 13.1. The number of hydrogen-bond acceptors (Lipinski definition) is 5. The van der Waals surface area contributed by atoms with Crippen molar-refractivity contribution < 1.29 is 4.39 Å². The van der Waals surface area contributed by atoms with Crippen LogP contribution in [0.2, 0.25) is 0 Å². The molecule has 0 radical (unpaired) electrons. The Morgan fingerprint density at radius 2 is 1.85 bits per heavy atom. The van der Waals surface area contributed by atoms with Gasteiger partial charge in [0.1, 0.15) is 11.2 Å². The third kappa shape index (κ3) is 3.10. The Balaban J connectivity index is 1.74. The van der Waals surface area contributed by atoms with Gasteiger partial charge in [-0.2, -0.15) is 4.98 Å². The predicted octanol–water partition coefficient (Wildman–Crippen LogP) is 2.35. The molecule has 0 saturated heterocycles. The molecule has 2 aromatic heterocycles. The second kappa shape index (κ2) is 6.70. The number of rotatable bonds is 3. The molecule has 1 aliphatic carbocycles. The summed E-state index contributed by atoms with van der Waals surface area (Å²) >= 11 is 0. The largest absolute Gasteiger partial charge is 0.351 e. The van der Waals surface area contributed by atoms with E-state index in [4.69, 9.17) is 0 Å². The summed E-state index contributed by atoms with van der Waals surface area (Å²) in [6.45, 7) is 0. The average molecular weight is 355 g/mol. The Hall–Kier alpha value is -3.03. The molecule has 1 saturated carbocycles. The van der Waals surface area contributed by atoms with Crippen LogP contribution in [0.5, 0.6) is 0 Å². The molecule has 134 valence electrons. The fraction of sp³-hybridized carbons (Fsp3) is 0.333. The molecule has 0 atom stereocenters. The van der Waals surface area contributed by atoms with Crippen molar-refractivity contribution in [1.29, 1.82) is 0 Å². The van der Waals surface area contributed by atoms with E-state index in [2.05, 4.69) is 20.3 Å². The van der Waals surface area contributed by atoms with Crippen LogP contribution in [0, 0.1) is 5.82 Å². The van der Waals surface area contributed by atoms with E-state index in [1.165, 1.54) is 49.7 Å². The first-order valence-corrected chi connectivity index (χ1v) is 8.66. The summed E-state index contributed by atoms with van der Waals surface area (Å²) in [5.74, 6) is -0.0419. The topological polar surface area (TPSA) is 92.7 Å². The molecule has 0 amide bonds. The van der Waals surface area contributed by atoms with Crippen molar-refractivity contribution in [2.45, 2.75) is 38.1 Å². The number of hydrogen-bond donors (Lipinski definition) is 2. The van der Waals surface area contributed by atoms with Gasteiger partial charge < -0.3 is 5.32 Å². The van der Waals surface area contributed by atoms with Gasteiger partial charge in [-0.3, -0.25) is 9.78 Å². The molecule has 2 heterocycles. The number of aromatic amines is 1. The highest BCUT2D eigenvalue weighted by Crippen LogP contribution is 2.20. The van der Waals surface area contributed by atoms with Crippen LogP contribution < -0.4 is 16.6 Å². The third-order valence-corrected chi connectivity index (χ3v) is 4.67. The van der Waals surface area contributed by atoms with E-state index >= 15 is 0 Å². The Morgan fingerprint density at radius 1 is 1.12 bits per heavy atom. The van der Waals surface area contributed by atoms with Crippen molar-refractivity contribution in [2.24, 2.45) is 0 Å². The van der Waals surface area contributed by atoms with Crippen LogP contribution in [-0.2, 0) is 0 Å². The molecule has 8 heteroatoms. The standard InChI is InChI=1S/C18H18FN5O2/c19-11-6-8-13(9-7-11)24-16(25)14-10-20-17(22-15(14)23-18(24)26)21-12-4-2-1-3-5-12/h6-10,12H,1-5H2,(H2,20,21,22,23,26). The number of fused-ring (bicyclic) bond motifs is 1. The minimum absolute atomic E-state index is 0.187. The van der Waals surface area contributed by atoms with Crippen molar-refractivity contribution >= 4 is 17.0 Å². The number of nitrogens with one attached hydrogen (secondary N) is 2. The van der Waals surface area contributed by atoms with E-state index in [-0.39, 0.29) is 16.7 Å². The zero-order valence-electron chi connectivity index (χ0n) is 14.0. The van der Waals surface area contributed by atoms with Crippen molar-refractivity contribution in [3.63, 3.8) is 0 Å². The normalized spacial score (nSPS) is 15.3. The first kappa shape index (κ1) is 16.4. The summed E-state index contributed by atoms with van der Waals surface area (Å²) in [4.78, 5) is 36.2. The van der Waals surface area contributed by atoms with E-state index in [0.29, 0.717) is 12.0 Å². The van der Waals surface area contributed by atoms with E-state index in [0.717, 1.165) is 17.4 Å². The van der Waals surface area contributed by atoms with Gasteiger partial charge in [0.25, 0.3) is 5.56 Å². The van der Waals surface area contributed by atoms with Gasteiger partial charge in [-0.25, -0.2) is 18.7 Å². The number of aromatic nitrogens is 4. The Morgan fingerprint density at radius 3 is 2.58 bits per heavy atom. The Bertz CT molecular complexity index is 1050. The lowest BCUT2D eigenvalue weighted by molar-refractivity contribution is 0.461. The summed E-state index contributed by atoms with van der Waals surface area (Å²) in [6, 6.07) is 5.44. The fourth-order valence-corrected chi connectivity index (χ4v) is 3.33. The van der Waals surface area contributed by atoms with Gasteiger partial charge in [-0.15, -0.1) is 0 Å². The van der Waals surface area contributed by atoms with Crippen molar-refractivity contribution in [3.8, 4) is 5.69 Å². The minimum atomic E-state index is -0.628. The molecule has 0 unspecified atom stereocenters. The third-order valence-electron chi connectivity index (χ3n) is 4.67. The van der Waals surface area contributed by atoms with Gasteiger partial charge in [0.15, 0.2) is 5.65 Å². The van der Waals surface area contributed by atoms with Crippen molar-refractivity contribution in [3.05, 3.63) is 57.1 Å². The Kier molecular flexibility index (Phi) is 4.24. The molecule has 4 rings (SSSR count). The van der Waals surface area contributed by atoms with Crippen LogP contribution in [-0.4, -0.2) is 25.6 Å². The van der Waals surface area contributed by atoms with Crippen LogP contribution in [0.3, 0.4) is 0 Å². The lowest BCUT2D eigenvalue weighted by atomic mass is 9.96. The number of benzene rings is 1.